The molecule has 0 N–H and O–H groups in total. The van der Waals surface area contributed by atoms with E-state index in [1.54, 1.807) is 0 Å². The minimum atomic E-state index is -0.509. The van der Waals surface area contributed by atoms with E-state index >= 15 is 0 Å². The number of allylic oxidation sites excluding steroid dienone is 1. The van der Waals surface area contributed by atoms with Gasteiger partial charge in [-0.25, -0.2) is 9.69 Å². The molecule has 1 heterocycles. The van der Waals surface area contributed by atoms with Gasteiger partial charge in [0.1, 0.15) is 6.61 Å². The summed E-state index contributed by atoms with van der Waals surface area (Å²) in [5, 5.41) is 0. The zero-order valence-electron chi connectivity index (χ0n) is 10.2. The molecule has 1 aliphatic rings. The third-order valence-electron chi connectivity index (χ3n) is 2.71. The van der Waals surface area contributed by atoms with Crippen molar-refractivity contribution in [1.29, 1.82) is 0 Å². The maximum absolute atomic E-state index is 11.9. The molecule has 4 heteroatoms. The number of cyclic esters (lactones) is 1. The molecule has 0 unspecified atom stereocenters. The van der Waals surface area contributed by atoms with Crippen LogP contribution in [0.15, 0.2) is 12.2 Å². The first-order chi connectivity index (χ1) is 7.43. The van der Waals surface area contributed by atoms with Crippen LogP contribution in [0.5, 0.6) is 0 Å². The monoisotopic (exact) mass is 225 g/mol. The van der Waals surface area contributed by atoms with Crippen LogP contribution in [0.2, 0.25) is 0 Å². The maximum atomic E-state index is 11.9. The van der Waals surface area contributed by atoms with Crippen molar-refractivity contribution < 1.29 is 14.3 Å². The largest absolute Gasteiger partial charge is 0.447 e. The molecule has 1 saturated heterocycles. The summed E-state index contributed by atoms with van der Waals surface area (Å²) in [6.07, 6.45) is 0.437. The van der Waals surface area contributed by atoms with E-state index < -0.39 is 6.09 Å². The first kappa shape index (κ1) is 12.7. The molecule has 0 aromatic carbocycles. The molecule has 0 aromatic rings. The van der Waals surface area contributed by atoms with Gasteiger partial charge in [0.2, 0.25) is 5.91 Å². The summed E-state index contributed by atoms with van der Waals surface area (Å²) in [5.41, 5.74) is 0.946. The molecule has 4 nitrogen and oxygen atoms in total. The number of hydrogen-bond acceptors (Lipinski definition) is 3. The van der Waals surface area contributed by atoms with E-state index in [1.807, 2.05) is 20.8 Å². The van der Waals surface area contributed by atoms with Crippen molar-refractivity contribution >= 4 is 12.0 Å². The standard InChI is InChI=1S/C12H19NO3/c1-8(2)5-6-11(14)13-10(9(3)4)7-16-12(13)15/h9-10H,1,5-7H2,2-4H3/t10-/m1/s1. The fourth-order valence-electron chi connectivity index (χ4n) is 1.65. The maximum Gasteiger partial charge on any atom is 0.416 e. The lowest BCUT2D eigenvalue weighted by atomic mass is 10.0. The molecule has 90 valence electrons. The summed E-state index contributed by atoms with van der Waals surface area (Å²) in [5.74, 6) is 0.0597. The highest BCUT2D eigenvalue weighted by Crippen LogP contribution is 2.21. The minimum Gasteiger partial charge on any atom is -0.447 e. The van der Waals surface area contributed by atoms with E-state index in [2.05, 4.69) is 6.58 Å². The van der Waals surface area contributed by atoms with E-state index in [1.165, 1.54) is 4.90 Å². The number of imide groups is 1. The molecule has 0 aromatic heterocycles. The Balaban J connectivity index is 2.64. The second-order valence-corrected chi connectivity index (χ2v) is 4.61. The number of nitrogens with zero attached hydrogens (tertiary/aromatic N) is 1. The highest BCUT2D eigenvalue weighted by molar-refractivity contribution is 5.93. The third kappa shape index (κ3) is 2.84. The second-order valence-electron chi connectivity index (χ2n) is 4.61. The normalized spacial score (nSPS) is 20.1. The summed E-state index contributed by atoms with van der Waals surface area (Å²) < 4.78 is 4.91. The van der Waals surface area contributed by atoms with Gasteiger partial charge < -0.3 is 4.74 Å². The summed E-state index contributed by atoms with van der Waals surface area (Å²) in [6.45, 7) is 9.88. The average Bonchev–Trinajstić information content (AvgIpc) is 2.56. The molecular formula is C12H19NO3. The Labute approximate surface area is 96.3 Å². The van der Waals surface area contributed by atoms with Crippen molar-refractivity contribution in [2.45, 2.75) is 39.7 Å². The van der Waals surface area contributed by atoms with Crippen LogP contribution in [0.3, 0.4) is 0 Å². The Hall–Kier alpha value is -1.32. The van der Waals surface area contributed by atoms with E-state index in [9.17, 15) is 9.59 Å². The zero-order chi connectivity index (χ0) is 12.3. The lowest BCUT2D eigenvalue weighted by molar-refractivity contribution is -0.129. The summed E-state index contributed by atoms with van der Waals surface area (Å²) >= 11 is 0. The number of carbonyl (C=O) groups is 2. The van der Waals surface area contributed by atoms with E-state index in [-0.39, 0.29) is 17.9 Å². The Kier molecular flexibility index (Phi) is 4.10. The molecule has 0 radical (unpaired) electrons. The number of carbonyl (C=O) groups excluding carboxylic acids is 2. The van der Waals surface area contributed by atoms with Crippen LogP contribution in [-0.4, -0.2) is 29.5 Å². The van der Waals surface area contributed by atoms with E-state index in [4.69, 9.17) is 4.74 Å². The summed E-state index contributed by atoms with van der Waals surface area (Å²) in [4.78, 5) is 24.6. The number of amides is 2. The molecule has 16 heavy (non-hydrogen) atoms. The summed E-state index contributed by atoms with van der Waals surface area (Å²) in [6, 6.07) is -0.120. The molecule has 1 atom stereocenters. The zero-order valence-corrected chi connectivity index (χ0v) is 10.2. The molecule has 1 rings (SSSR count). The van der Waals surface area contributed by atoms with Crippen molar-refractivity contribution in [3.05, 3.63) is 12.2 Å². The van der Waals surface area contributed by atoms with Gasteiger partial charge in [-0.2, -0.15) is 0 Å². The van der Waals surface area contributed by atoms with Crippen molar-refractivity contribution in [2.75, 3.05) is 6.61 Å². The van der Waals surface area contributed by atoms with E-state index in [0.717, 1.165) is 5.57 Å². The number of hydrogen-bond donors (Lipinski definition) is 0. The summed E-state index contributed by atoms with van der Waals surface area (Å²) in [7, 11) is 0. The smallest absolute Gasteiger partial charge is 0.416 e. The van der Waals surface area contributed by atoms with Crippen molar-refractivity contribution in [3.63, 3.8) is 0 Å². The van der Waals surface area contributed by atoms with Crippen LogP contribution in [-0.2, 0) is 9.53 Å². The van der Waals surface area contributed by atoms with Gasteiger partial charge in [0.15, 0.2) is 0 Å². The van der Waals surface area contributed by atoms with Gasteiger partial charge in [-0.05, 0) is 19.3 Å². The van der Waals surface area contributed by atoms with Gasteiger partial charge in [-0.3, -0.25) is 4.79 Å². The Morgan fingerprint density at radius 3 is 2.69 bits per heavy atom. The Bertz CT molecular complexity index is 309. The van der Waals surface area contributed by atoms with Gasteiger partial charge in [0.25, 0.3) is 0 Å². The molecular weight excluding hydrogens is 206 g/mol. The fraction of sp³-hybridized carbons (Fsp3) is 0.667. The average molecular weight is 225 g/mol. The number of ether oxygens (including phenoxy) is 1. The first-order valence-corrected chi connectivity index (χ1v) is 5.56. The molecule has 0 bridgehead atoms. The van der Waals surface area contributed by atoms with Gasteiger partial charge >= 0.3 is 6.09 Å². The molecule has 0 aliphatic carbocycles. The highest BCUT2D eigenvalue weighted by atomic mass is 16.6. The molecule has 0 spiro atoms. The van der Waals surface area contributed by atoms with Gasteiger partial charge in [0, 0.05) is 6.42 Å². The van der Waals surface area contributed by atoms with Crippen LogP contribution in [0.25, 0.3) is 0 Å². The van der Waals surface area contributed by atoms with Crippen LogP contribution in [0.1, 0.15) is 33.6 Å². The quantitative estimate of drug-likeness (QED) is 0.690. The fourth-order valence-corrected chi connectivity index (χ4v) is 1.65. The Morgan fingerprint density at radius 2 is 2.19 bits per heavy atom. The minimum absolute atomic E-state index is 0.120. The van der Waals surface area contributed by atoms with Gasteiger partial charge in [-0.1, -0.05) is 19.4 Å². The third-order valence-corrected chi connectivity index (χ3v) is 2.71. The lowest BCUT2D eigenvalue weighted by Gasteiger charge is -2.22. The van der Waals surface area contributed by atoms with Crippen molar-refractivity contribution in [1.82, 2.24) is 4.90 Å². The molecule has 2 amide bonds. The van der Waals surface area contributed by atoms with Crippen LogP contribution in [0.4, 0.5) is 4.79 Å². The predicted octanol–water partition coefficient (Wildman–Crippen LogP) is 2.35. The molecule has 1 fully saturated rings. The topological polar surface area (TPSA) is 46.6 Å². The Morgan fingerprint density at radius 1 is 1.56 bits per heavy atom. The van der Waals surface area contributed by atoms with Crippen LogP contribution in [0, 0.1) is 5.92 Å². The molecule has 0 saturated carbocycles. The lowest BCUT2D eigenvalue weighted by Crippen LogP contribution is -2.41. The predicted molar refractivity (Wildman–Crippen MR) is 60.9 cm³/mol. The molecule has 1 aliphatic heterocycles. The highest BCUT2D eigenvalue weighted by Gasteiger charge is 2.38. The first-order valence-electron chi connectivity index (χ1n) is 5.56. The van der Waals surface area contributed by atoms with Crippen LogP contribution >= 0.6 is 0 Å². The second kappa shape index (κ2) is 5.14. The van der Waals surface area contributed by atoms with Crippen molar-refractivity contribution in [2.24, 2.45) is 5.92 Å². The van der Waals surface area contributed by atoms with Crippen LogP contribution < -0.4 is 0 Å². The van der Waals surface area contributed by atoms with Gasteiger partial charge in [-0.15, -0.1) is 6.58 Å². The number of rotatable bonds is 4. The van der Waals surface area contributed by atoms with Gasteiger partial charge in [0.05, 0.1) is 6.04 Å². The SMILES string of the molecule is C=C(C)CCC(=O)N1C(=O)OC[C@@H]1C(C)C. The van der Waals surface area contributed by atoms with Crippen molar-refractivity contribution in [3.8, 4) is 0 Å². The van der Waals surface area contributed by atoms with E-state index in [0.29, 0.717) is 19.4 Å².